The van der Waals surface area contributed by atoms with Gasteiger partial charge in [-0.1, -0.05) is 0 Å². The maximum Gasteiger partial charge on any atom is 0.101 e. The van der Waals surface area contributed by atoms with Crippen LogP contribution in [0.5, 0.6) is 0 Å². The molecule has 3 heteroatoms. The molecule has 0 unspecified atom stereocenters. The summed E-state index contributed by atoms with van der Waals surface area (Å²) >= 11 is 5.52. The topological polar surface area (TPSA) is 36.7 Å². The molecule has 1 heterocycles. The summed E-state index contributed by atoms with van der Waals surface area (Å²) in [6.07, 6.45) is 4.03. The van der Waals surface area contributed by atoms with Crippen LogP contribution in [0.3, 0.4) is 0 Å². The first-order valence-corrected chi connectivity index (χ1v) is 3.80. The quantitative estimate of drug-likeness (QED) is 0.628. The minimum atomic E-state index is 0.566. The standard InChI is InChI=1S/C8H7ClN2/c9-2-1-7-3-8(4-10)6-11-5-7/h3,5-6H,1-2H2. The fraction of sp³-hybridized carbons (Fsp3) is 0.250. The molecular formula is C8H7ClN2. The Morgan fingerprint density at radius 3 is 3.00 bits per heavy atom. The number of hydrogen-bond acceptors (Lipinski definition) is 2. The van der Waals surface area contributed by atoms with Crippen LogP contribution in [0.1, 0.15) is 11.1 Å². The van der Waals surface area contributed by atoms with Gasteiger partial charge in [0.05, 0.1) is 5.56 Å². The van der Waals surface area contributed by atoms with E-state index >= 15 is 0 Å². The van der Waals surface area contributed by atoms with Crippen molar-refractivity contribution in [2.45, 2.75) is 6.42 Å². The molecule has 2 nitrogen and oxygen atoms in total. The van der Waals surface area contributed by atoms with Gasteiger partial charge >= 0.3 is 0 Å². The summed E-state index contributed by atoms with van der Waals surface area (Å²) in [6, 6.07) is 3.82. The van der Waals surface area contributed by atoms with Crippen molar-refractivity contribution >= 4 is 11.6 Å². The molecule has 1 rings (SSSR count). The molecule has 0 radical (unpaired) electrons. The van der Waals surface area contributed by atoms with Crippen molar-refractivity contribution in [1.29, 1.82) is 5.26 Å². The molecule has 56 valence electrons. The Kier molecular flexibility index (Phi) is 2.88. The zero-order valence-electron chi connectivity index (χ0n) is 5.92. The molecule has 0 spiro atoms. The van der Waals surface area contributed by atoms with Gasteiger partial charge in [0.25, 0.3) is 0 Å². The van der Waals surface area contributed by atoms with Gasteiger partial charge in [-0.05, 0) is 18.1 Å². The number of aromatic nitrogens is 1. The molecule has 0 aromatic carbocycles. The van der Waals surface area contributed by atoms with Crippen LogP contribution in [0.15, 0.2) is 18.5 Å². The highest BCUT2D eigenvalue weighted by Crippen LogP contribution is 2.02. The molecule has 0 bridgehead atoms. The maximum absolute atomic E-state index is 8.51. The summed E-state index contributed by atoms with van der Waals surface area (Å²) in [5.41, 5.74) is 1.60. The minimum Gasteiger partial charge on any atom is -0.263 e. The molecule has 0 N–H and O–H groups in total. The van der Waals surface area contributed by atoms with Crippen LogP contribution in [0.25, 0.3) is 0 Å². The van der Waals surface area contributed by atoms with E-state index in [2.05, 4.69) is 4.98 Å². The van der Waals surface area contributed by atoms with Crippen molar-refractivity contribution in [2.75, 3.05) is 5.88 Å². The van der Waals surface area contributed by atoms with Gasteiger partial charge in [-0.15, -0.1) is 11.6 Å². The summed E-state index contributed by atoms with van der Waals surface area (Å²) in [6.45, 7) is 0. The second-order valence-corrected chi connectivity index (χ2v) is 2.51. The van der Waals surface area contributed by atoms with Gasteiger partial charge < -0.3 is 0 Å². The molecule has 0 amide bonds. The van der Waals surface area contributed by atoms with E-state index in [1.54, 1.807) is 12.3 Å². The number of pyridine rings is 1. The van der Waals surface area contributed by atoms with Crippen LogP contribution in [0, 0.1) is 11.3 Å². The zero-order chi connectivity index (χ0) is 8.10. The van der Waals surface area contributed by atoms with E-state index in [9.17, 15) is 0 Å². The summed E-state index contributed by atoms with van der Waals surface area (Å²) in [5, 5.41) is 8.51. The fourth-order valence-corrected chi connectivity index (χ4v) is 1.01. The molecule has 1 aromatic heterocycles. The van der Waals surface area contributed by atoms with E-state index in [1.165, 1.54) is 6.20 Å². The second kappa shape index (κ2) is 3.95. The first kappa shape index (κ1) is 8.03. The van der Waals surface area contributed by atoms with Crippen molar-refractivity contribution in [3.05, 3.63) is 29.6 Å². The average molecular weight is 167 g/mol. The zero-order valence-corrected chi connectivity index (χ0v) is 6.67. The van der Waals surface area contributed by atoms with Crippen LogP contribution >= 0.6 is 11.6 Å². The minimum absolute atomic E-state index is 0.566. The Hall–Kier alpha value is -1.07. The molecule has 0 aliphatic heterocycles. The SMILES string of the molecule is N#Cc1cncc(CCCl)c1. The van der Waals surface area contributed by atoms with E-state index in [0.29, 0.717) is 11.4 Å². The van der Waals surface area contributed by atoms with Crippen molar-refractivity contribution < 1.29 is 0 Å². The Balaban J connectivity index is 2.85. The van der Waals surface area contributed by atoms with E-state index < -0.39 is 0 Å². The molecule has 0 aliphatic carbocycles. The number of hydrogen-bond donors (Lipinski definition) is 0. The lowest BCUT2D eigenvalue weighted by Crippen LogP contribution is -1.88. The van der Waals surface area contributed by atoms with Crippen LogP contribution in [0.4, 0.5) is 0 Å². The molecule has 0 fully saturated rings. The Labute approximate surface area is 70.4 Å². The van der Waals surface area contributed by atoms with E-state index in [1.807, 2.05) is 6.07 Å². The van der Waals surface area contributed by atoms with Gasteiger partial charge in [-0.2, -0.15) is 5.26 Å². The van der Waals surface area contributed by atoms with Gasteiger partial charge in [0.2, 0.25) is 0 Å². The number of nitriles is 1. The normalized spacial score (nSPS) is 9.09. The predicted octanol–water partition coefficient (Wildman–Crippen LogP) is 1.73. The Morgan fingerprint density at radius 1 is 1.55 bits per heavy atom. The molecular weight excluding hydrogens is 160 g/mol. The molecule has 0 saturated carbocycles. The van der Waals surface area contributed by atoms with Crippen LogP contribution in [-0.4, -0.2) is 10.9 Å². The predicted molar refractivity (Wildman–Crippen MR) is 43.4 cm³/mol. The second-order valence-electron chi connectivity index (χ2n) is 2.13. The van der Waals surface area contributed by atoms with Gasteiger partial charge in [-0.3, -0.25) is 4.98 Å². The Morgan fingerprint density at radius 2 is 2.36 bits per heavy atom. The largest absolute Gasteiger partial charge is 0.263 e. The van der Waals surface area contributed by atoms with Gasteiger partial charge in [0, 0.05) is 18.3 Å². The van der Waals surface area contributed by atoms with Crippen molar-refractivity contribution in [3.8, 4) is 6.07 Å². The van der Waals surface area contributed by atoms with Crippen LogP contribution < -0.4 is 0 Å². The molecule has 1 aromatic rings. The van der Waals surface area contributed by atoms with E-state index in [4.69, 9.17) is 16.9 Å². The summed E-state index contributed by atoms with van der Waals surface area (Å²) in [7, 11) is 0. The van der Waals surface area contributed by atoms with E-state index in [0.717, 1.165) is 12.0 Å². The lowest BCUT2D eigenvalue weighted by Gasteiger charge is -1.95. The van der Waals surface area contributed by atoms with Gasteiger partial charge in [-0.25, -0.2) is 0 Å². The molecule has 0 saturated heterocycles. The fourth-order valence-electron chi connectivity index (χ4n) is 0.795. The monoisotopic (exact) mass is 166 g/mol. The third kappa shape index (κ3) is 2.21. The highest BCUT2D eigenvalue weighted by atomic mass is 35.5. The maximum atomic E-state index is 8.51. The van der Waals surface area contributed by atoms with Crippen molar-refractivity contribution in [2.24, 2.45) is 0 Å². The summed E-state index contributed by atoms with van der Waals surface area (Å²) in [5.74, 6) is 0.566. The van der Waals surface area contributed by atoms with Crippen molar-refractivity contribution in [3.63, 3.8) is 0 Å². The third-order valence-corrected chi connectivity index (χ3v) is 1.50. The third-order valence-electron chi connectivity index (χ3n) is 1.31. The molecule has 0 aliphatic rings. The molecule has 0 atom stereocenters. The number of rotatable bonds is 2. The highest BCUT2D eigenvalue weighted by Gasteiger charge is 1.93. The number of aryl methyl sites for hydroxylation is 1. The van der Waals surface area contributed by atoms with Crippen LogP contribution in [0.2, 0.25) is 0 Å². The van der Waals surface area contributed by atoms with Gasteiger partial charge in [0.15, 0.2) is 0 Å². The van der Waals surface area contributed by atoms with Crippen LogP contribution in [-0.2, 0) is 6.42 Å². The first-order valence-electron chi connectivity index (χ1n) is 3.27. The number of halogens is 1. The summed E-state index contributed by atoms with van der Waals surface area (Å²) in [4.78, 5) is 3.89. The average Bonchev–Trinajstić information content (AvgIpc) is 2.06. The lowest BCUT2D eigenvalue weighted by molar-refractivity contribution is 1.10. The van der Waals surface area contributed by atoms with Gasteiger partial charge in [0.1, 0.15) is 6.07 Å². The van der Waals surface area contributed by atoms with E-state index in [-0.39, 0.29) is 0 Å². The first-order chi connectivity index (χ1) is 5.36. The van der Waals surface area contributed by atoms with Crippen molar-refractivity contribution in [1.82, 2.24) is 4.98 Å². The Bertz CT molecular complexity index is 278. The smallest absolute Gasteiger partial charge is 0.101 e. The highest BCUT2D eigenvalue weighted by molar-refractivity contribution is 6.17. The summed E-state index contributed by atoms with van der Waals surface area (Å²) < 4.78 is 0. The lowest BCUT2D eigenvalue weighted by atomic mass is 10.2. The molecule has 11 heavy (non-hydrogen) atoms. The number of alkyl halides is 1. The number of nitrogens with zero attached hydrogens (tertiary/aromatic N) is 2.